The Labute approximate surface area is 102 Å². The van der Waals surface area contributed by atoms with Crippen molar-refractivity contribution in [2.24, 2.45) is 5.41 Å². The zero-order valence-electron chi connectivity index (χ0n) is 10.8. The van der Waals surface area contributed by atoms with Crippen LogP contribution in [0.5, 0.6) is 0 Å². The smallest absolute Gasteiger partial charge is 0.244 e. The first-order valence-electron chi connectivity index (χ1n) is 5.64. The summed E-state index contributed by atoms with van der Waals surface area (Å²) < 4.78 is 0. The van der Waals surface area contributed by atoms with Crippen molar-refractivity contribution in [2.75, 3.05) is 0 Å². The van der Waals surface area contributed by atoms with E-state index in [1.807, 2.05) is 6.92 Å². The molecule has 92 valence electrons. The van der Waals surface area contributed by atoms with Crippen LogP contribution < -0.4 is 5.32 Å². The number of amides is 1. The maximum atomic E-state index is 11.6. The van der Waals surface area contributed by atoms with Crippen LogP contribution in [0.1, 0.15) is 33.4 Å². The first kappa shape index (κ1) is 13.4. The van der Waals surface area contributed by atoms with Crippen LogP contribution >= 0.6 is 0 Å². The van der Waals surface area contributed by atoms with Gasteiger partial charge in [0.15, 0.2) is 0 Å². The molecule has 1 rings (SSSR count). The van der Waals surface area contributed by atoms with Gasteiger partial charge in [0.2, 0.25) is 5.91 Å². The maximum Gasteiger partial charge on any atom is 0.244 e. The topological polar surface area (TPSA) is 54.9 Å². The Morgan fingerprint density at radius 1 is 1.47 bits per heavy atom. The van der Waals surface area contributed by atoms with E-state index in [9.17, 15) is 4.79 Å². The van der Waals surface area contributed by atoms with E-state index >= 15 is 0 Å². The lowest BCUT2D eigenvalue weighted by Crippen LogP contribution is -2.40. The minimum absolute atomic E-state index is 0.0540. The second kappa shape index (κ2) is 5.57. The van der Waals surface area contributed by atoms with Crippen molar-refractivity contribution in [3.05, 3.63) is 30.4 Å². The predicted molar refractivity (Wildman–Crippen MR) is 68.1 cm³/mol. The Hall–Kier alpha value is -1.71. The van der Waals surface area contributed by atoms with Gasteiger partial charge in [0, 0.05) is 18.3 Å². The van der Waals surface area contributed by atoms with Gasteiger partial charge >= 0.3 is 0 Å². The second-order valence-electron chi connectivity index (χ2n) is 5.06. The Morgan fingerprint density at radius 2 is 2.18 bits per heavy atom. The minimum Gasteiger partial charge on any atom is -0.350 e. The lowest BCUT2D eigenvalue weighted by Gasteiger charge is -2.27. The van der Waals surface area contributed by atoms with E-state index in [2.05, 4.69) is 36.1 Å². The standard InChI is InChI=1S/C13H19N3O/c1-10(13(2,3)4)16-12(17)6-5-11-7-8-14-9-15-11/h5-10H,1-4H3,(H,16,17)/b6-5+. The molecular formula is C13H19N3O. The molecule has 0 aliphatic heterocycles. The second-order valence-corrected chi connectivity index (χ2v) is 5.06. The van der Waals surface area contributed by atoms with Gasteiger partial charge in [-0.15, -0.1) is 0 Å². The van der Waals surface area contributed by atoms with Crippen LogP contribution in [0.15, 0.2) is 24.7 Å². The maximum absolute atomic E-state index is 11.6. The van der Waals surface area contributed by atoms with E-state index in [-0.39, 0.29) is 17.4 Å². The molecule has 1 amide bonds. The van der Waals surface area contributed by atoms with Gasteiger partial charge < -0.3 is 5.32 Å². The summed E-state index contributed by atoms with van der Waals surface area (Å²) in [5.41, 5.74) is 0.775. The van der Waals surface area contributed by atoms with Gasteiger partial charge in [0.1, 0.15) is 6.33 Å². The van der Waals surface area contributed by atoms with Crippen LogP contribution in [0.25, 0.3) is 6.08 Å². The molecule has 1 aromatic rings. The quantitative estimate of drug-likeness (QED) is 0.813. The van der Waals surface area contributed by atoms with Crippen molar-refractivity contribution in [3.63, 3.8) is 0 Å². The number of hydrogen-bond donors (Lipinski definition) is 1. The highest BCUT2D eigenvalue weighted by atomic mass is 16.1. The van der Waals surface area contributed by atoms with E-state index in [4.69, 9.17) is 0 Å². The summed E-state index contributed by atoms with van der Waals surface area (Å²) in [6, 6.07) is 1.86. The normalized spacial score (nSPS) is 13.6. The Bertz CT molecular complexity index is 393. The zero-order valence-corrected chi connectivity index (χ0v) is 10.8. The van der Waals surface area contributed by atoms with Gasteiger partial charge in [-0.1, -0.05) is 20.8 Å². The number of aromatic nitrogens is 2. The summed E-state index contributed by atoms with van der Waals surface area (Å²) in [4.78, 5) is 19.4. The Kier molecular flexibility index (Phi) is 4.37. The van der Waals surface area contributed by atoms with Crippen LogP contribution in [0.4, 0.5) is 0 Å². The molecule has 0 aliphatic rings. The molecule has 0 saturated carbocycles. The van der Waals surface area contributed by atoms with Gasteiger partial charge in [0.05, 0.1) is 5.69 Å². The number of rotatable bonds is 3. The molecule has 0 aliphatic carbocycles. The van der Waals surface area contributed by atoms with E-state index in [0.29, 0.717) is 0 Å². The number of nitrogens with one attached hydrogen (secondary N) is 1. The van der Waals surface area contributed by atoms with Gasteiger partial charge in [-0.25, -0.2) is 9.97 Å². The average Bonchev–Trinajstić information content (AvgIpc) is 2.26. The van der Waals surface area contributed by atoms with E-state index < -0.39 is 0 Å². The molecule has 4 heteroatoms. The predicted octanol–water partition coefficient (Wildman–Crippen LogP) is 2.04. The minimum atomic E-state index is -0.106. The van der Waals surface area contributed by atoms with Crippen LogP contribution in [-0.4, -0.2) is 21.9 Å². The number of carbonyl (C=O) groups is 1. The zero-order chi connectivity index (χ0) is 12.9. The number of hydrogen-bond acceptors (Lipinski definition) is 3. The Balaban J connectivity index is 2.54. The van der Waals surface area contributed by atoms with Gasteiger partial charge in [0.25, 0.3) is 0 Å². The molecule has 0 radical (unpaired) electrons. The molecule has 1 heterocycles. The SMILES string of the molecule is CC(NC(=O)/C=C/c1ccncn1)C(C)(C)C. The highest BCUT2D eigenvalue weighted by Crippen LogP contribution is 2.18. The molecule has 1 N–H and O–H groups in total. The fourth-order valence-corrected chi connectivity index (χ4v) is 1.04. The summed E-state index contributed by atoms with van der Waals surface area (Å²) in [6.45, 7) is 8.26. The van der Waals surface area contributed by atoms with Crippen LogP contribution in [0.3, 0.4) is 0 Å². The molecular weight excluding hydrogens is 214 g/mol. The highest BCUT2D eigenvalue weighted by Gasteiger charge is 2.20. The summed E-state index contributed by atoms with van der Waals surface area (Å²) in [5.74, 6) is -0.106. The molecule has 17 heavy (non-hydrogen) atoms. The molecule has 0 saturated heterocycles. The number of carbonyl (C=O) groups excluding carboxylic acids is 1. The summed E-state index contributed by atoms with van der Waals surface area (Å²) in [7, 11) is 0. The Morgan fingerprint density at radius 3 is 2.71 bits per heavy atom. The summed E-state index contributed by atoms with van der Waals surface area (Å²) in [6.07, 6.45) is 6.26. The van der Waals surface area contributed by atoms with E-state index in [1.165, 1.54) is 12.4 Å². The first-order valence-corrected chi connectivity index (χ1v) is 5.64. The molecule has 1 atom stereocenters. The monoisotopic (exact) mass is 233 g/mol. The fraction of sp³-hybridized carbons (Fsp3) is 0.462. The summed E-state index contributed by atoms with van der Waals surface area (Å²) >= 11 is 0. The average molecular weight is 233 g/mol. The van der Waals surface area contributed by atoms with E-state index in [1.54, 1.807) is 18.3 Å². The molecule has 1 unspecified atom stereocenters. The molecule has 0 spiro atoms. The third-order valence-electron chi connectivity index (χ3n) is 2.67. The molecule has 1 aromatic heterocycles. The molecule has 4 nitrogen and oxygen atoms in total. The van der Waals surface area contributed by atoms with Crippen molar-refractivity contribution in [2.45, 2.75) is 33.7 Å². The van der Waals surface area contributed by atoms with Crippen LogP contribution in [0, 0.1) is 5.41 Å². The van der Waals surface area contributed by atoms with Gasteiger partial charge in [-0.2, -0.15) is 0 Å². The summed E-state index contributed by atoms with van der Waals surface area (Å²) in [5, 5.41) is 2.92. The van der Waals surface area contributed by atoms with Crippen molar-refractivity contribution in [1.29, 1.82) is 0 Å². The van der Waals surface area contributed by atoms with Crippen molar-refractivity contribution < 1.29 is 4.79 Å². The highest BCUT2D eigenvalue weighted by molar-refractivity contribution is 5.91. The third-order valence-corrected chi connectivity index (χ3v) is 2.67. The van der Waals surface area contributed by atoms with Crippen molar-refractivity contribution in [3.8, 4) is 0 Å². The number of nitrogens with zero attached hydrogens (tertiary/aromatic N) is 2. The fourth-order valence-electron chi connectivity index (χ4n) is 1.04. The first-order chi connectivity index (χ1) is 7.89. The van der Waals surface area contributed by atoms with Crippen LogP contribution in [-0.2, 0) is 4.79 Å². The van der Waals surface area contributed by atoms with Crippen LogP contribution in [0.2, 0.25) is 0 Å². The van der Waals surface area contributed by atoms with Crippen molar-refractivity contribution in [1.82, 2.24) is 15.3 Å². The lowest BCUT2D eigenvalue weighted by atomic mass is 9.88. The van der Waals surface area contributed by atoms with Gasteiger partial charge in [-0.3, -0.25) is 4.79 Å². The third kappa shape index (κ3) is 4.76. The largest absolute Gasteiger partial charge is 0.350 e. The molecule has 0 fully saturated rings. The molecule has 0 aromatic carbocycles. The molecule has 0 bridgehead atoms. The van der Waals surface area contributed by atoms with Gasteiger partial charge in [-0.05, 0) is 24.5 Å². The lowest BCUT2D eigenvalue weighted by molar-refractivity contribution is -0.117. The van der Waals surface area contributed by atoms with Crippen molar-refractivity contribution >= 4 is 12.0 Å². The van der Waals surface area contributed by atoms with E-state index in [0.717, 1.165) is 5.69 Å².